The molecule has 0 aromatic rings. The van der Waals surface area contributed by atoms with Gasteiger partial charge >= 0.3 is 17.9 Å². The van der Waals surface area contributed by atoms with Gasteiger partial charge in [0.25, 0.3) is 0 Å². The van der Waals surface area contributed by atoms with Crippen molar-refractivity contribution in [2.45, 2.75) is 232 Å². The molecule has 0 aliphatic rings. The van der Waals surface area contributed by atoms with E-state index in [1.54, 1.807) is 0 Å². The van der Waals surface area contributed by atoms with Gasteiger partial charge in [-0.2, -0.15) is 0 Å². The Balaban J connectivity index is 4.55. The normalized spacial score (nSPS) is 13.1. The zero-order valence-electron chi connectivity index (χ0n) is 43.1. The number of allylic oxidation sites excluding steroid dienone is 20. The van der Waals surface area contributed by atoms with Crippen LogP contribution < -0.4 is 0 Å². The van der Waals surface area contributed by atoms with E-state index in [0.29, 0.717) is 19.3 Å². The maximum Gasteiger partial charge on any atom is 0.306 e. The highest BCUT2D eigenvalue weighted by Crippen LogP contribution is 2.12. The molecule has 0 aromatic heterocycles. The summed E-state index contributed by atoms with van der Waals surface area (Å²) in [5.41, 5.74) is 0. The molecule has 0 saturated carbocycles. The van der Waals surface area contributed by atoms with Crippen molar-refractivity contribution in [3.8, 4) is 0 Å². The Morgan fingerprint density at radius 2 is 0.582 bits per heavy atom. The molecular formula is C61H98O6. The fraction of sp³-hybridized carbons (Fsp3) is 0.623. The van der Waals surface area contributed by atoms with Gasteiger partial charge in [-0.1, -0.05) is 194 Å². The third-order valence-electron chi connectivity index (χ3n) is 10.9. The highest BCUT2D eigenvalue weighted by molar-refractivity contribution is 5.71. The molecule has 6 nitrogen and oxygen atoms in total. The van der Waals surface area contributed by atoms with Crippen LogP contribution in [0.2, 0.25) is 0 Å². The summed E-state index contributed by atoms with van der Waals surface area (Å²) in [6.07, 6.45) is 74.6. The van der Waals surface area contributed by atoms with Crippen LogP contribution in [0.1, 0.15) is 226 Å². The summed E-state index contributed by atoms with van der Waals surface area (Å²) in [4.78, 5) is 38.1. The van der Waals surface area contributed by atoms with Gasteiger partial charge in [0.1, 0.15) is 13.2 Å². The second-order valence-corrected chi connectivity index (χ2v) is 17.4. The third kappa shape index (κ3) is 52.6. The molecule has 0 aliphatic heterocycles. The lowest BCUT2D eigenvalue weighted by Crippen LogP contribution is -2.30. The van der Waals surface area contributed by atoms with Crippen molar-refractivity contribution >= 4 is 17.9 Å². The number of carbonyl (C=O) groups is 3. The van der Waals surface area contributed by atoms with Gasteiger partial charge in [-0.05, 0) is 135 Å². The Morgan fingerprint density at radius 3 is 0.925 bits per heavy atom. The number of hydrogen-bond acceptors (Lipinski definition) is 6. The summed E-state index contributed by atoms with van der Waals surface area (Å²) in [5, 5.41) is 0. The summed E-state index contributed by atoms with van der Waals surface area (Å²) in [7, 11) is 0. The summed E-state index contributed by atoms with van der Waals surface area (Å²) in [5.74, 6) is -1.00. The first-order chi connectivity index (χ1) is 33.0. The highest BCUT2D eigenvalue weighted by Gasteiger charge is 2.19. The van der Waals surface area contributed by atoms with Gasteiger partial charge in [0, 0.05) is 19.3 Å². The molecule has 0 unspecified atom stereocenters. The fourth-order valence-electron chi connectivity index (χ4n) is 6.86. The summed E-state index contributed by atoms with van der Waals surface area (Å²) >= 11 is 0. The van der Waals surface area contributed by atoms with Gasteiger partial charge < -0.3 is 14.2 Å². The summed E-state index contributed by atoms with van der Waals surface area (Å²) in [6, 6.07) is 0. The molecule has 1 atom stereocenters. The Hall–Kier alpha value is -4.19. The minimum absolute atomic E-state index is 0.117. The first-order valence-electron chi connectivity index (χ1n) is 27.0. The zero-order valence-corrected chi connectivity index (χ0v) is 43.1. The van der Waals surface area contributed by atoms with Gasteiger partial charge in [0.05, 0.1) is 0 Å². The van der Waals surface area contributed by atoms with Crippen molar-refractivity contribution in [2.75, 3.05) is 13.2 Å². The van der Waals surface area contributed by atoms with Crippen molar-refractivity contribution in [3.63, 3.8) is 0 Å². The molecule has 0 amide bonds. The SMILES string of the molecule is CC/C=C\C/C=C\C/C=C\C/C=C\CCCCCCC(=O)OC[C@H](COC(=O)CCCCCC/C=C\C/C=C\C/C=C\CCCCC)OC(=O)CCCC/C=C\C/C=C\C/C=C\CCCCC. The number of rotatable bonds is 47. The van der Waals surface area contributed by atoms with Crippen LogP contribution >= 0.6 is 0 Å². The van der Waals surface area contributed by atoms with E-state index >= 15 is 0 Å². The molecule has 0 heterocycles. The van der Waals surface area contributed by atoms with Gasteiger partial charge in [-0.3, -0.25) is 14.4 Å². The van der Waals surface area contributed by atoms with Crippen LogP contribution in [0.25, 0.3) is 0 Å². The Morgan fingerprint density at radius 1 is 0.313 bits per heavy atom. The molecule has 0 aromatic carbocycles. The van der Waals surface area contributed by atoms with Gasteiger partial charge in [0.15, 0.2) is 6.10 Å². The van der Waals surface area contributed by atoms with Crippen molar-refractivity contribution in [2.24, 2.45) is 0 Å². The maximum absolute atomic E-state index is 12.8. The zero-order chi connectivity index (χ0) is 48.6. The minimum Gasteiger partial charge on any atom is -0.462 e. The molecule has 0 bridgehead atoms. The minimum atomic E-state index is -0.821. The van der Waals surface area contributed by atoms with E-state index < -0.39 is 6.10 Å². The molecule has 6 heteroatoms. The van der Waals surface area contributed by atoms with E-state index in [1.165, 1.54) is 51.4 Å². The van der Waals surface area contributed by atoms with E-state index in [0.717, 1.165) is 128 Å². The largest absolute Gasteiger partial charge is 0.462 e. The van der Waals surface area contributed by atoms with Gasteiger partial charge in [0.2, 0.25) is 0 Å². The second kappa shape index (κ2) is 54.4. The Bertz CT molecular complexity index is 1440. The Labute approximate surface area is 412 Å². The van der Waals surface area contributed by atoms with Gasteiger partial charge in [-0.25, -0.2) is 0 Å². The molecule has 0 spiro atoms. The molecule has 378 valence electrons. The molecule has 0 saturated heterocycles. The van der Waals surface area contributed by atoms with Crippen molar-refractivity contribution in [3.05, 3.63) is 122 Å². The second-order valence-electron chi connectivity index (χ2n) is 17.4. The molecule has 0 fully saturated rings. The van der Waals surface area contributed by atoms with Crippen LogP contribution in [0.4, 0.5) is 0 Å². The summed E-state index contributed by atoms with van der Waals surface area (Å²) in [6.45, 7) is 6.38. The number of carbonyl (C=O) groups excluding carboxylic acids is 3. The van der Waals surface area contributed by atoms with E-state index in [1.807, 2.05) is 0 Å². The van der Waals surface area contributed by atoms with Crippen LogP contribution in [0.5, 0.6) is 0 Å². The van der Waals surface area contributed by atoms with Crippen LogP contribution in [-0.4, -0.2) is 37.2 Å². The lowest BCUT2D eigenvalue weighted by atomic mass is 10.1. The number of esters is 3. The molecule has 0 N–H and O–H groups in total. The number of hydrogen-bond donors (Lipinski definition) is 0. The monoisotopic (exact) mass is 927 g/mol. The fourth-order valence-corrected chi connectivity index (χ4v) is 6.86. The predicted octanol–water partition coefficient (Wildman–Crippen LogP) is 18.1. The molecule has 0 radical (unpaired) electrons. The van der Waals surface area contributed by atoms with Crippen molar-refractivity contribution < 1.29 is 28.6 Å². The average Bonchev–Trinajstić information content (AvgIpc) is 3.33. The number of unbranched alkanes of at least 4 members (excludes halogenated alkanes) is 16. The van der Waals surface area contributed by atoms with Gasteiger partial charge in [-0.15, -0.1) is 0 Å². The van der Waals surface area contributed by atoms with Crippen LogP contribution in [0.3, 0.4) is 0 Å². The summed E-state index contributed by atoms with van der Waals surface area (Å²) < 4.78 is 16.8. The molecular weight excluding hydrogens is 829 g/mol. The van der Waals surface area contributed by atoms with Crippen molar-refractivity contribution in [1.29, 1.82) is 0 Å². The van der Waals surface area contributed by atoms with Crippen LogP contribution in [-0.2, 0) is 28.6 Å². The third-order valence-corrected chi connectivity index (χ3v) is 10.9. The highest BCUT2D eigenvalue weighted by atomic mass is 16.6. The molecule has 0 aliphatic carbocycles. The average molecular weight is 927 g/mol. The van der Waals surface area contributed by atoms with E-state index in [4.69, 9.17) is 14.2 Å². The lowest BCUT2D eigenvalue weighted by Gasteiger charge is -2.18. The maximum atomic E-state index is 12.8. The topological polar surface area (TPSA) is 78.9 Å². The first kappa shape index (κ1) is 62.8. The van der Waals surface area contributed by atoms with E-state index in [-0.39, 0.29) is 37.5 Å². The van der Waals surface area contributed by atoms with E-state index in [9.17, 15) is 14.4 Å². The smallest absolute Gasteiger partial charge is 0.306 e. The van der Waals surface area contributed by atoms with Crippen molar-refractivity contribution in [1.82, 2.24) is 0 Å². The number of ether oxygens (including phenoxy) is 3. The standard InChI is InChI=1S/C61H98O6/c1-4-7-10-13-16-19-22-25-28-30-33-35-38-41-44-47-50-53-59(62)65-56-58(67-61(64)55-52-49-46-43-40-37-32-27-24-21-18-15-12-9-6-3)57-66-60(63)54-51-48-45-42-39-36-34-31-29-26-23-20-17-14-11-8-5-2/h7,10,16-21,25-29,32-36,40,43,58H,4-6,8-9,11-15,22-24,30-31,37-39,41-42,44-57H2,1-3H3/b10-7-,19-16-,20-17-,21-18-,28-25-,29-26-,32-27-,35-33-,36-34-,43-40-/t58-/m1/s1. The van der Waals surface area contributed by atoms with Crippen LogP contribution in [0, 0.1) is 0 Å². The molecule has 0 rings (SSSR count). The first-order valence-corrected chi connectivity index (χ1v) is 27.0. The lowest BCUT2D eigenvalue weighted by molar-refractivity contribution is -0.167. The quantitative estimate of drug-likeness (QED) is 0.0262. The van der Waals surface area contributed by atoms with E-state index in [2.05, 4.69) is 142 Å². The Kier molecular flexibility index (Phi) is 51.0. The molecule has 67 heavy (non-hydrogen) atoms. The predicted molar refractivity (Wildman–Crippen MR) is 288 cm³/mol. The van der Waals surface area contributed by atoms with Crippen LogP contribution in [0.15, 0.2) is 122 Å².